The smallest absolute Gasteiger partial charge is 0.240 e. The van der Waals surface area contributed by atoms with Crippen LogP contribution in [0.15, 0.2) is 42.5 Å². The quantitative estimate of drug-likeness (QED) is 0.527. The SMILES string of the molecule is COc1ccc(-c2n[nH]c(=S)n2CC(=O)NC(C)CCc2ccc(F)c(F)c2)cc1. The van der Waals surface area contributed by atoms with Gasteiger partial charge in [-0.25, -0.2) is 8.78 Å². The van der Waals surface area contributed by atoms with Crippen LogP contribution in [-0.4, -0.2) is 33.8 Å². The van der Waals surface area contributed by atoms with Gasteiger partial charge in [-0.15, -0.1) is 0 Å². The molecule has 2 N–H and O–H groups in total. The Morgan fingerprint density at radius 2 is 1.97 bits per heavy atom. The number of methoxy groups -OCH3 is 1. The Morgan fingerprint density at radius 1 is 1.23 bits per heavy atom. The van der Waals surface area contributed by atoms with Crippen molar-refractivity contribution < 1.29 is 18.3 Å². The van der Waals surface area contributed by atoms with E-state index in [0.29, 0.717) is 34.8 Å². The fourth-order valence-corrected chi connectivity index (χ4v) is 3.24. The molecule has 3 rings (SSSR count). The topological polar surface area (TPSA) is 71.9 Å². The van der Waals surface area contributed by atoms with E-state index < -0.39 is 11.6 Å². The molecule has 0 aliphatic heterocycles. The minimum atomic E-state index is -0.871. The van der Waals surface area contributed by atoms with Crippen molar-refractivity contribution in [1.82, 2.24) is 20.1 Å². The lowest BCUT2D eigenvalue weighted by molar-refractivity contribution is -0.122. The number of halogens is 2. The standard InChI is InChI=1S/C21H22F2N4O2S/c1-13(3-4-14-5-10-17(22)18(23)11-14)24-19(28)12-27-20(25-26-21(27)30)15-6-8-16(29-2)9-7-15/h5-11,13H,3-4,12H2,1-2H3,(H,24,28)(H,26,30). The van der Waals surface area contributed by atoms with Crippen LogP contribution in [0.3, 0.4) is 0 Å². The maximum Gasteiger partial charge on any atom is 0.240 e. The molecule has 2 aromatic carbocycles. The van der Waals surface area contributed by atoms with Crippen LogP contribution < -0.4 is 10.1 Å². The van der Waals surface area contributed by atoms with Gasteiger partial charge in [0.15, 0.2) is 22.2 Å². The number of ether oxygens (including phenoxy) is 1. The molecule has 3 aromatic rings. The van der Waals surface area contributed by atoms with Crippen molar-refractivity contribution >= 4 is 18.1 Å². The number of H-pyrrole nitrogens is 1. The van der Waals surface area contributed by atoms with Gasteiger partial charge in [-0.2, -0.15) is 5.10 Å². The van der Waals surface area contributed by atoms with Crippen molar-refractivity contribution in [2.24, 2.45) is 0 Å². The van der Waals surface area contributed by atoms with Gasteiger partial charge < -0.3 is 10.1 Å². The number of rotatable bonds is 8. The summed E-state index contributed by atoms with van der Waals surface area (Å²) in [5, 5.41) is 9.84. The predicted molar refractivity (Wildman–Crippen MR) is 112 cm³/mol. The van der Waals surface area contributed by atoms with Gasteiger partial charge in [0, 0.05) is 11.6 Å². The predicted octanol–water partition coefficient (Wildman–Crippen LogP) is 4.03. The molecule has 0 radical (unpaired) electrons. The van der Waals surface area contributed by atoms with Gasteiger partial charge in [-0.3, -0.25) is 14.5 Å². The number of nitrogens with one attached hydrogen (secondary N) is 2. The highest BCUT2D eigenvalue weighted by molar-refractivity contribution is 7.71. The Hall–Kier alpha value is -3.07. The fraction of sp³-hybridized carbons (Fsp3) is 0.286. The van der Waals surface area contributed by atoms with Crippen molar-refractivity contribution in [3.05, 3.63) is 64.4 Å². The van der Waals surface area contributed by atoms with Crippen LogP contribution in [-0.2, 0) is 17.8 Å². The number of hydrogen-bond acceptors (Lipinski definition) is 4. The lowest BCUT2D eigenvalue weighted by atomic mass is 10.1. The van der Waals surface area contributed by atoms with Crippen molar-refractivity contribution in [2.45, 2.75) is 32.4 Å². The summed E-state index contributed by atoms with van der Waals surface area (Å²) in [4.78, 5) is 12.5. The van der Waals surface area contributed by atoms with E-state index in [4.69, 9.17) is 17.0 Å². The second kappa shape index (κ2) is 9.62. The maximum absolute atomic E-state index is 13.3. The fourth-order valence-electron chi connectivity index (χ4n) is 3.04. The van der Waals surface area contributed by atoms with E-state index in [1.165, 1.54) is 6.07 Å². The molecule has 9 heteroatoms. The number of nitrogens with zero attached hydrogens (tertiary/aromatic N) is 2. The minimum absolute atomic E-state index is 0.00616. The summed E-state index contributed by atoms with van der Waals surface area (Å²) in [7, 11) is 1.59. The normalized spacial score (nSPS) is 11.9. The van der Waals surface area contributed by atoms with Gasteiger partial charge in [-0.1, -0.05) is 6.07 Å². The lowest BCUT2D eigenvalue weighted by Crippen LogP contribution is -2.35. The molecule has 1 unspecified atom stereocenters. The monoisotopic (exact) mass is 432 g/mol. The molecule has 1 amide bonds. The van der Waals surface area contributed by atoms with E-state index in [1.807, 2.05) is 19.1 Å². The lowest BCUT2D eigenvalue weighted by Gasteiger charge is -2.15. The molecular weight excluding hydrogens is 410 g/mol. The molecule has 0 saturated carbocycles. The molecule has 1 aromatic heterocycles. The molecule has 30 heavy (non-hydrogen) atoms. The zero-order valence-electron chi connectivity index (χ0n) is 16.6. The molecule has 0 spiro atoms. The number of hydrogen-bond donors (Lipinski definition) is 2. The van der Waals surface area contributed by atoms with Gasteiger partial charge in [0.2, 0.25) is 5.91 Å². The molecule has 0 fully saturated rings. The third-order valence-electron chi connectivity index (χ3n) is 4.67. The Balaban J connectivity index is 1.61. The minimum Gasteiger partial charge on any atom is -0.497 e. The third kappa shape index (κ3) is 5.29. The Labute approximate surface area is 177 Å². The number of carbonyl (C=O) groups excluding carboxylic acids is 1. The van der Waals surface area contributed by atoms with Crippen LogP contribution in [0.1, 0.15) is 18.9 Å². The summed E-state index contributed by atoms with van der Waals surface area (Å²) < 4.78 is 33.4. The molecule has 0 saturated heterocycles. The summed E-state index contributed by atoms with van der Waals surface area (Å²) in [6.45, 7) is 1.86. The van der Waals surface area contributed by atoms with Gasteiger partial charge in [-0.05, 0) is 73.9 Å². The van der Waals surface area contributed by atoms with E-state index in [2.05, 4.69) is 15.5 Å². The van der Waals surface area contributed by atoms with Crippen LogP contribution in [0.5, 0.6) is 5.75 Å². The Bertz CT molecular complexity index is 1080. The van der Waals surface area contributed by atoms with Crippen LogP contribution in [0.2, 0.25) is 0 Å². The van der Waals surface area contributed by atoms with E-state index in [9.17, 15) is 13.6 Å². The number of benzene rings is 2. The summed E-state index contributed by atoms with van der Waals surface area (Å²) in [5.74, 6) is -0.700. The number of aromatic amines is 1. The van der Waals surface area contributed by atoms with Gasteiger partial charge >= 0.3 is 0 Å². The van der Waals surface area contributed by atoms with E-state index in [-0.39, 0.29) is 18.5 Å². The van der Waals surface area contributed by atoms with Crippen LogP contribution in [0.25, 0.3) is 11.4 Å². The molecule has 1 heterocycles. The molecule has 6 nitrogen and oxygen atoms in total. The summed E-state index contributed by atoms with van der Waals surface area (Å²) in [6.07, 6.45) is 1.10. The highest BCUT2D eigenvalue weighted by atomic mass is 32.1. The largest absolute Gasteiger partial charge is 0.497 e. The average Bonchev–Trinajstić information content (AvgIpc) is 3.09. The van der Waals surface area contributed by atoms with Crippen molar-refractivity contribution in [3.8, 4) is 17.1 Å². The first-order valence-electron chi connectivity index (χ1n) is 9.40. The van der Waals surface area contributed by atoms with E-state index in [1.54, 1.807) is 29.9 Å². The zero-order valence-corrected chi connectivity index (χ0v) is 17.4. The Morgan fingerprint density at radius 3 is 2.63 bits per heavy atom. The first kappa shape index (κ1) is 21.6. The maximum atomic E-state index is 13.3. The van der Waals surface area contributed by atoms with Crippen LogP contribution >= 0.6 is 12.2 Å². The number of aryl methyl sites for hydroxylation is 1. The van der Waals surface area contributed by atoms with Crippen molar-refractivity contribution in [1.29, 1.82) is 0 Å². The van der Waals surface area contributed by atoms with Crippen molar-refractivity contribution in [2.75, 3.05) is 7.11 Å². The Kier molecular flexibility index (Phi) is 6.94. The second-order valence-corrected chi connectivity index (χ2v) is 7.31. The molecular formula is C21H22F2N4O2S. The summed E-state index contributed by atoms with van der Waals surface area (Å²) in [5.41, 5.74) is 1.47. The highest BCUT2D eigenvalue weighted by Crippen LogP contribution is 2.21. The van der Waals surface area contributed by atoms with Crippen LogP contribution in [0.4, 0.5) is 8.78 Å². The summed E-state index contributed by atoms with van der Waals surface area (Å²) >= 11 is 5.27. The van der Waals surface area contributed by atoms with Gasteiger partial charge in [0.25, 0.3) is 0 Å². The number of carbonyl (C=O) groups is 1. The average molecular weight is 432 g/mol. The third-order valence-corrected chi connectivity index (χ3v) is 4.98. The van der Waals surface area contributed by atoms with Crippen LogP contribution in [0, 0.1) is 16.4 Å². The van der Waals surface area contributed by atoms with Crippen molar-refractivity contribution in [3.63, 3.8) is 0 Å². The molecule has 0 aliphatic carbocycles. The molecule has 1 atom stereocenters. The van der Waals surface area contributed by atoms with Gasteiger partial charge in [0.05, 0.1) is 7.11 Å². The number of amides is 1. The first-order chi connectivity index (χ1) is 14.4. The number of aromatic nitrogens is 3. The molecule has 0 bridgehead atoms. The van der Waals surface area contributed by atoms with E-state index >= 15 is 0 Å². The van der Waals surface area contributed by atoms with Gasteiger partial charge in [0.1, 0.15) is 12.3 Å². The molecule has 0 aliphatic rings. The second-order valence-electron chi connectivity index (χ2n) is 6.92. The molecule has 158 valence electrons. The first-order valence-corrected chi connectivity index (χ1v) is 9.81. The highest BCUT2D eigenvalue weighted by Gasteiger charge is 2.14. The van der Waals surface area contributed by atoms with E-state index in [0.717, 1.165) is 11.6 Å². The summed E-state index contributed by atoms with van der Waals surface area (Å²) in [6, 6.07) is 10.9. The zero-order chi connectivity index (χ0) is 21.7.